The molecule has 5 nitrogen and oxygen atoms in total. The Bertz CT molecular complexity index is 645. The molecule has 1 N–H and O–H groups in total. The molecule has 0 saturated heterocycles. The van der Waals surface area contributed by atoms with Gasteiger partial charge in [-0.15, -0.1) is 0 Å². The van der Waals surface area contributed by atoms with Crippen LogP contribution in [0.3, 0.4) is 0 Å². The SMILES string of the molecule is CCOc1ccc(Br)cc1/C=N/NC(=O)c1ccncc1. The van der Waals surface area contributed by atoms with E-state index in [0.29, 0.717) is 17.9 Å². The number of hydrogen-bond donors (Lipinski definition) is 1. The minimum Gasteiger partial charge on any atom is -0.493 e. The number of carbonyl (C=O) groups excluding carboxylic acids is 1. The van der Waals surface area contributed by atoms with E-state index in [1.165, 1.54) is 0 Å². The van der Waals surface area contributed by atoms with Gasteiger partial charge in [-0.3, -0.25) is 9.78 Å². The van der Waals surface area contributed by atoms with Gasteiger partial charge in [-0.25, -0.2) is 5.43 Å². The molecule has 0 atom stereocenters. The van der Waals surface area contributed by atoms with Gasteiger partial charge in [-0.1, -0.05) is 15.9 Å². The number of benzene rings is 1. The molecule has 6 heteroatoms. The first-order valence-corrected chi connectivity index (χ1v) is 7.15. The van der Waals surface area contributed by atoms with Crippen LogP contribution in [0, 0.1) is 0 Å². The van der Waals surface area contributed by atoms with Crippen LogP contribution in [0.2, 0.25) is 0 Å². The Morgan fingerprint density at radius 2 is 2.14 bits per heavy atom. The van der Waals surface area contributed by atoms with Gasteiger partial charge < -0.3 is 4.74 Å². The molecule has 0 radical (unpaired) electrons. The number of aromatic nitrogens is 1. The Labute approximate surface area is 131 Å². The number of hydrazone groups is 1. The number of pyridine rings is 1. The van der Waals surface area contributed by atoms with Gasteiger partial charge in [0.15, 0.2) is 0 Å². The lowest BCUT2D eigenvalue weighted by molar-refractivity contribution is 0.0955. The van der Waals surface area contributed by atoms with E-state index in [1.807, 2.05) is 25.1 Å². The highest BCUT2D eigenvalue weighted by Crippen LogP contribution is 2.21. The number of nitrogens with zero attached hydrogens (tertiary/aromatic N) is 2. The number of nitrogens with one attached hydrogen (secondary N) is 1. The summed E-state index contributed by atoms with van der Waals surface area (Å²) < 4.78 is 6.41. The molecular weight excluding hydrogens is 334 g/mol. The van der Waals surface area contributed by atoms with Crippen molar-refractivity contribution >= 4 is 28.1 Å². The fourth-order valence-corrected chi connectivity index (χ4v) is 2.01. The summed E-state index contributed by atoms with van der Waals surface area (Å²) in [4.78, 5) is 15.7. The average Bonchev–Trinajstić information content (AvgIpc) is 2.51. The van der Waals surface area contributed by atoms with Crippen LogP contribution in [0.15, 0.2) is 52.3 Å². The smallest absolute Gasteiger partial charge is 0.271 e. The molecule has 21 heavy (non-hydrogen) atoms. The molecule has 0 fully saturated rings. The fourth-order valence-electron chi connectivity index (χ4n) is 1.64. The predicted octanol–water partition coefficient (Wildman–Crippen LogP) is 3.01. The van der Waals surface area contributed by atoms with Gasteiger partial charge in [0, 0.05) is 28.0 Å². The summed E-state index contributed by atoms with van der Waals surface area (Å²) in [5.74, 6) is 0.421. The van der Waals surface area contributed by atoms with Crippen LogP contribution in [0.4, 0.5) is 0 Å². The first kappa shape index (κ1) is 15.2. The predicted molar refractivity (Wildman–Crippen MR) is 84.6 cm³/mol. The third-order valence-electron chi connectivity index (χ3n) is 2.58. The second-order valence-corrected chi connectivity index (χ2v) is 4.97. The lowest BCUT2D eigenvalue weighted by atomic mass is 10.2. The van der Waals surface area contributed by atoms with Gasteiger partial charge >= 0.3 is 0 Å². The highest BCUT2D eigenvalue weighted by molar-refractivity contribution is 9.10. The normalized spacial score (nSPS) is 10.6. The van der Waals surface area contributed by atoms with Gasteiger partial charge in [-0.05, 0) is 37.3 Å². The Hall–Kier alpha value is -2.21. The van der Waals surface area contributed by atoms with E-state index in [2.05, 4.69) is 31.4 Å². The van der Waals surface area contributed by atoms with E-state index in [4.69, 9.17) is 4.74 Å². The molecule has 0 aliphatic rings. The van der Waals surface area contributed by atoms with E-state index in [9.17, 15) is 4.79 Å². The minimum absolute atomic E-state index is 0.290. The zero-order chi connectivity index (χ0) is 15.1. The van der Waals surface area contributed by atoms with Crippen LogP contribution < -0.4 is 10.2 Å². The average molecular weight is 348 g/mol. The first-order valence-electron chi connectivity index (χ1n) is 6.36. The van der Waals surface area contributed by atoms with Crippen molar-refractivity contribution in [1.82, 2.24) is 10.4 Å². The van der Waals surface area contributed by atoms with E-state index in [0.717, 1.165) is 10.0 Å². The van der Waals surface area contributed by atoms with Crippen LogP contribution in [-0.4, -0.2) is 23.7 Å². The van der Waals surface area contributed by atoms with Crippen LogP contribution in [-0.2, 0) is 0 Å². The molecule has 108 valence electrons. The molecule has 0 aliphatic heterocycles. The van der Waals surface area contributed by atoms with Gasteiger partial charge in [0.1, 0.15) is 5.75 Å². The number of carbonyl (C=O) groups is 1. The van der Waals surface area contributed by atoms with Crippen molar-refractivity contribution < 1.29 is 9.53 Å². The second-order valence-electron chi connectivity index (χ2n) is 4.05. The van der Waals surface area contributed by atoms with Crippen LogP contribution >= 0.6 is 15.9 Å². The molecule has 1 aromatic carbocycles. The lowest BCUT2D eigenvalue weighted by Gasteiger charge is -2.07. The van der Waals surface area contributed by atoms with Crippen molar-refractivity contribution in [2.24, 2.45) is 5.10 Å². The number of hydrogen-bond acceptors (Lipinski definition) is 4. The minimum atomic E-state index is -0.290. The molecular formula is C15H14BrN3O2. The van der Waals surface area contributed by atoms with Crippen LogP contribution in [0.5, 0.6) is 5.75 Å². The summed E-state index contributed by atoms with van der Waals surface area (Å²) in [5, 5.41) is 3.96. The summed E-state index contributed by atoms with van der Waals surface area (Å²) in [5.41, 5.74) is 3.75. The van der Waals surface area contributed by atoms with Crippen molar-refractivity contribution in [2.45, 2.75) is 6.92 Å². The van der Waals surface area contributed by atoms with Gasteiger partial charge in [0.05, 0.1) is 12.8 Å². The molecule has 2 aromatic rings. The molecule has 0 spiro atoms. The molecule has 0 unspecified atom stereocenters. The Morgan fingerprint density at radius 1 is 1.38 bits per heavy atom. The van der Waals surface area contributed by atoms with Crippen molar-refractivity contribution in [2.75, 3.05) is 6.61 Å². The first-order chi connectivity index (χ1) is 10.2. The van der Waals surface area contributed by atoms with E-state index in [-0.39, 0.29) is 5.91 Å². The quantitative estimate of drug-likeness (QED) is 0.667. The van der Waals surface area contributed by atoms with Gasteiger partial charge in [-0.2, -0.15) is 5.10 Å². The molecule has 1 aromatic heterocycles. The topological polar surface area (TPSA) is 63.6 Å². The number of rotatable bonds is 5. The molecule has 1 heterocycles. The van der Waals surface area contributed by atoms with Crippen molar-refractivity contribution in [3.8, 4) is 5.75 Å². The second kappa shape index (κ2) is 7.54. The summed E-state index contributed by atoms with van der Waals surface area (Å²) in [6.45, 7) is 2.47. The fraction of sp³-hybridized carbons (Fsp3) is 0.133. The van der Waals surface area contributed by atoms with Gasteiger partial charge in [0.2, 0.25) is 0 Å². The Kier molecular flexibility index (Phi) is 5.45. The van der Waals surface area contributed by atoms with Gasteiger partial charge in [0.25, 0.3) is 5.91 Å². The summed E-state index contributed by atoms with van der Waals surface area (Å²) in [6, 6.07) is 8.84. The van der Waals surface area contributed by atoms with E-state index < -0.39 is 0 Å². The maximum absolute atomic E-state index is 11.8. The summed E-state index contributed by atoms with van der Waals surface area (Å²) >= 11 is 3.39. The van der Waals surface area contributed by atoms with E-state index >= 15 is 0 Å². The highest BCUT2D eigenvalue weighted by atomic mass is 79.9. The zero-order valence-electron chi connectivity index (χ0n) is 11.4. The van der Waals surface area contributed by atoms with Crippen LogP contribution in [0.25, 0.3) is 0 Å². The van der Waals surface area contributed by atoms with Crippen molar-refractivity contribution in [3.63, 3.8) is 0 Å². The summed E-state index contributed by atoms with van der Waals surface area (Å²) in [6.07, 6.45) is 4.66. The number of amides is 1. The van der Waals surface area contributed by atoms with Crippen molar-refractivity contribution in [3.05, 3.63) is 58.3 Å². The Morgan fingerprint density at radius 3 is 2.86 bits per heavy atom. The molecule has 0 aliphatic carbocycles. The molecule has 0 saturated carbocycles. The lowest BCUT2D eigenvalue weighted by Crippen LogP contribution is -2.17. The number of ether oxygens (including phenoxy) is 1. The van der Waals surface area contributed by atoms with Crippen LogP contribution in [0.1, 0.15) is 22.8 Å². The maximum atomic E-state index is 11.8. The van der Waals surface area contributed by atoms with Crippen molar-refractivity contribution in [1.29, 1.82) is 0 Å². The molecule has 1 amide bonds. The third-order valence-corrected chi connectivity index (χ3v) is 3.08. The standard InChI is InChI=1S/C15H14BrN3O2/c1-2-21-14-4-3-13(16)9-12(14)10-18-19-15(20)11-5-7-17-8-6-11/h3-10H,2H2,1H3,(H,19,20)/b18-10+. The maximum Gasteiger partial charge on any atom is 0.271 e. The molecule has 2 rings (SSSR count). The molecule has 0 bridgehead atoms. The largest absolute Gasteiger partial charge is 0.493 e. The summed E-state index contributed by atoms with van der Waals surface area (Å²) in [7, 11) is 0. The Balaban J connectivity index is 2.07. The third kappa shape index (κ3) is 4.39. The highest BCUT2D eigenvalue weighted by Gasteiger charge is 2.04. The zero-order valence-corrected chi connectivity index (χ0v) is 13.0. The number of halogens is 1. The monoisotopic (exact) mass is 347 g/mol. The van der Waals surface area contributed by atoms with E-state index in [1.54, 1.807) is 30.7 Å².